The van der Waals surface area contributed by atoms with Crippen LogP contribution < -0.4 is 9.76 Å². The molecule has 11 rings (SSSR count). The van der Waals surface area contributed by atoms with Crippen LogP contribution in [-0.2, 0) is 15.7 Å². The minimum atomic E-state index is -0.0459. The average molecular weight is 729 g/mol. The van der Waals surface area contributed by atoms with E-state index in [1.807, 2.05) is 0 Å². The zero-order chi connectivity index (χ0) is 37.4. The molecule has 1 saturated heterocycles. The molecule has 6 atom stereocenters. The van der Waals surface area contributed by atoms with Crippen LogP contribution in [0.4, 0.5) is 11.4 Å². The van der Waals surface area contributed by atoms with E-state index in [9.17, 15) is 0 Å². The van der Waals surface area contributed by atoms with Crippen molar-refractivity contribution in [3.63, 3.8) is 0 Å². The predicted molar refractivity (Wildman–Crippen MR) is 224 cm³/mol. The van der Waals surface area contributed by atoms with E-state index in [1.54, 1.807) is 0 Å². The minimum Gasteiger partial charge on any atom is -0.313 e. The Morgan fingerprint density at radius 1 is 0.818 bits per heavy atom. The van der Waals surface area contributed by atoms with Gasteiger partial charge in [0.1, 0.15) is 11.3 Å². The molecule has 1 spiro atoms. The molecule has 0 radical (unpaired) electrons. The highest BCUT2D eigenvalue weighted by molar-refractivity contribution is 6.05. The van der Waals surface area contributed by atoms with Gasteiger partial charge in [-0.05, 0) is 108 Å². The van der Waals surface area contributed by atoms with Crippen molar-refractivity contribution in [1.82, 2.24) is 9.87 Å². The van der Waals surface area contributed by atoms with Crippen LogP contribution in [0.3, 0.4) is 0 Å². The molecule has 1 fully saturated rings. The molecular formula is C50H56N4O+2. The number of quaternary nitrogens is 1. The summed E-state index contributed by atoms with van der Waals surface area (Å²) in [5, 5.41) is 2.76. The highest BCUT2D eigenvalue weighted by Crippen LogP contribution is 2.64. The molecule has 3 aromatic rings. The van der Waals surface area contributed by atoms with Crippen molar-refractivity contribution < 1.29 is 9.52 Å². The first-order valence-corrected chi connectivity index (χ1v) is 21.2. The van der Waals surface area contributed by atoms with Gasteiger partial charge in [-0.1, -0.05) is 108 Å². The third-order valence-corrected chi connectivity index (χ3v) is 14.1. The van der Waals surface area contributed by atoms with Crippen LogP contribution in [0.5, 0.6) is 0 Å². The van der Waals surface area contributed by atoms with Crippen LogP contribution in [0.2, 0.25) is 0 Å². The minimum absolute atomic E-state index is 0.00714. The predicted octanol–water partition coefficient (Wildman–Crippen LogP) is 11.6. The van der Waals surface area contributed by atoms with Crippen molar-refractivity contribution in [2.75, 3.05) is 4.90 Å². The van der Waals surface area contributed by atoms with Crippen molar-refractivity contribution in [2.45, 2.75) is 122 Å². The highest BCUT2D eigenvalue weighted by atomic mass is 16.8. The second-order valence-corrected chi connectivity index (χ2v) is 19.4. The molecule has 5 heteroatoms. The van der Waals surface area contributed by atoms with E-state index >= 15 is 0 Å². The summed E-state index contributed by atoms with van der Waals surface area (Å²) in [5.74, 6) is 1.40. The second-order valence-electron chi connectivity index (χ2n) is 19.4. The summed E-state index contributed by atoms with van der Waals surface area (Å²) in [5.41, 5.74) is 16.8. The molecule has 3 aliphatic carbocycles. The summed E-state index contributed by atoms with van der Waals surface area (Å²) in [6, 6.07) is 23.6. The Bertz CT molecular complexity index is 2330. The quantitative estimate of drug-likeness (QED) is 0.152. The van der Waals surface area contributed by atoms with Crippen molar-refractivity contribution >= 4 is 17.1 Å². The molecule has 0 amide bonds. The zero-order valence-electron chi connectivity index (χ0n) is 33.6. The van der Waals surface area contributed by atoms with Crippen LogP contribution in [0.25, 0.3) is 11.1 Å². The van der Waals surface area contributed by atoms with Crippen molar-refractivity contribution in [1.29, 1.82) is 0 Å². The average Bonchev–Trinajstić information content (AvgIpc) is 3.69. The van der Waals surface area contributed by atoms with Crippen LogP contribution >= 0.6 is 0 Å². The molecule has 6 unspecified atom stereocenters. The Kier molecular flexibility index (Phi) is 7.25. The van der Waals surface area contributed by atoms with Gasteiger partial charge in [0.2, 0.25) is 6.20 Å². The maximum Gasteiger partial charge on any atom is 0.275 e. The Balaban J connectivity index is 1.19. The largest absolute Gasteiger partial charge is 0.313 e. The molecule has 55 heavy (non-hydrogen) atoms. The number of anilines is 1. The van der Waals surface area contributed by atoms with Crippen molar-refractivity contribution in [2.24, 2.45) is 11.8 Å². The van der Waals surface area contributed by atoms with Crippen LogP contribution in [0, 0.1) is 11.8 Å². The van der Waals surface area contributed by atoms with Gasteiger partial charge in [-0.25, -0.2) is 0 Å². The van der Waals surface area contributed by atoms with Gasteiger partial charge in [0, 0.05) is 45.8 Å². The number of benzene rings is 3. The Labute approximate surface area is 327 Å². The molecule has 0 aromatic heterocycles. The van der Waals surface area contributed by atoms with Gasteiger partial charge in [-0.2, -0.15) is 0 Å². The lowest BCUT2D eigenvalue weighted by Gasteiger charge is -2.50. The van der Waals surface area contributed by atoms with E-state index in [-0.39, 0.29) is 23.1 Å². The van der Waals surface area contributed by atoms with Gasteiger partial charge in [0.15, 0.2) is 17.1 Å². The van der Waals surface area contributed by atoms with E-state index in [0.717, 1.165) is 25.7 Å². The fourth-order valence-corrected chi connectivity index (χ4v) is 11.3. The summed E-state index contributed by atoms with van der Waals surface area (Å²) in [7, 11) is 0. The normalized spacial score (nSPS) is 30.0. The second kappa shape index (κ2) is 11.8. The highest BCUT2D eigenvalue weighted by Gasteiger charge is 2.75. The van der Waals surface area contributed by atoms with Crippen LogP contribution in [0.1, 0.15) is 121 Å². The van der Waals surface area contributed by atoms with Gasteiger partial charge in [-0.3, -0.25) is 0 Å². The number of hydrogen-bond acceptors (Lipinski definition) is 3. The number of hydrogen-bond donors (Lipinski definition) is 0. The Morgan fingerprint density at radius 3 is 2.42 bits per heavy atom. The fraction of sp³-hybridized carbons (Fsp3) is 0.420. The first-order valence-electron chi connectivity index (χ1n) is 21.2. The summed E-state index contributed by atoms with van der Waals surface area (Å²) in [6.45, 7) is 14.2. The van der Waals surface area contributed by atoms with Gasteiger partial charge in [0.05, 0.1) is 5.69 Å². The van der Waals surface area contributed by atoms with Gasteiger partial charge in [-0.15, -0.1) is 9.85 Å². The van der Waals surface area contributed by atoms with E-state index in [2.05, 4.69) is 159 Å². The zero-order valence-corrected chi connectivity index (χ0v) is 33.6. The topological polar surface area (TPSA) is 18.7 Å². The molecule has 5 aliphatic heterocycles. The van der Waals surface area contributed by atoms with Crippen molar-refractivity contribution in [3.05, 3.63) is 143 Å². The summed E-state index contributed by atoms with van der Waals surface area (Å²) >= 11 is 0. The third kappa shape index (κ3) is 4.75. The standard InChI is InChI=1S/C50H56N4O/c1-49(2,3)35-24-25-42(39(29-35)33-18-11-8-12-19-33)52-43-22-15-21-37-40-30-36(50(4,5)6)31-41-44-28-34(32-16-9-7-10-17-32)26-27-51(44)54(47(40)41)53(46(37)43)48(52)38-20-13-14-23-45(38)55-54/h8-9,11-14,16,18-20,24-27,29-32,34,37,45,48H,7,10,15,17,21-23,28H2,1-6H3/q+2. The lowest BCUT2D eigenvalue weighted by Crippen LogP contribution is -2.74. The molecule has 3 aromatic carbocycles. The molecule has 8 aliphatic rings. The number of fused-ring (bicyclic) bond motifs is 4. The summed E-state index contributed by atoms with van der Waals surface area (Å²) in [4.78, 5) is 10.9. The maximum atomic E-state index is 7.82. The van der Waals surface area contributed by atoms with E-state index < -0.39 is 0 Å². The monoisotopic (exact) mass is 728 g/mol. The Morgan fingerprint density at radius 2 is 1.64 bits per heavy atom. The first kappa shape index (κ1) is 33.9. The molecule has 5 nitrogen and oxygen atoms in total. The molecule has 0 saturated carbocycles. The van der Waals surface area contributed by atoms with Gasteiger partial charge in [0.25, 0.3) is 11.4 Å². The maximum absolute atomic E-state index is 7.82. The van der Waals surface area contributed by atoms with E-state index in [4.69, 9.17) is 4.84 Å². The third-order valence-electron chi connectivity index (χ3n) is 14.1. The molecule has 280 valence electrons. The SMILES string of the molecule is CC(C)(C)c1ccc(N2C3=C4C(CCC3)c3cc(C(C)(C)C)cc5c3[N+]3(OC6CC=CC=C6C2N43)[N+]2=C5CC(C3C=CCCC3)C=C2)c(-c2ccccc2)c1. The van der Waals surface area contributed by atoms with Gasteiger partial charge >= 0.3 is 0 Å². The number of rotatable bonds is 3. The Hall–Kier alpha value is -4.45. The van der Waals surface area contributed by atoms with E-state index in [1.165, 1.54) is 93.1 Å². The van der Waals surface area contributed by atoms with Crippen LogP contribution in [-0.4, -0.2) is 27.7 Å². The molecule has 0 N–H and O–H groups in total. The summed E-state index contributed by atoms with van der Waals surface area (Å²) in [6.07, 6.45) is 25.9. The summed E-state index contributed by atoms with van der Waals surface area (Å²) < 4.78 is 2.57. The number of allylic oxidation sites excluding steroid dienone is 7. The van der Waals surface area contributed by atoms with Gasteiger partial charge < -0.3 is 4.90 Å². The molecular weight excluding hydrogens is 673 g/mol. The van der Waals surface area contributed by atoms with E-state index in [0.29, 0.717) is 22.6 Å². The first-order chi connectivity index (χ1) is 26.5. The lowest BCUT2D eigenvalue weighted by molar-refractivity contribution is -0.752. The fourth-order valence-electron chi connectivity index (χ4n) is 11.3. The lowest BCUT2D eigenvalue weighted by atomic mass is 9.76. The molecule has 5 heterocycles. The van der Waals surface area contributed by atoms with Crippen LogP contribution in [0.15, 0.2) is 120 Å². The molecule has 0 bridgehead atoms. The smallest absolute Gasteiger partial charge is 0.275 e. The van der Waals surface area contributed by atoms with Crippen molar-refractivity contribution in [3.8, 4) is 11.1 Å². The number of nitrogens with zero attached hydrogens (tertiary/aromatic N) is 4.